The highest BCUT2D eigenvalue weighted by atomic mass is 16.2. The molecule has 1 N–H and O–H groups in total. The Labute approximate surface area is 123 Å². The van der Waals surface area contributed by atoms with Crippen LogP contribution >= 0.6 is 0 Å². The van der Waals surface area contributed by atoms with E-state index in [4.69, 9.17) is 0 Å². The van der Waals surface area contributed by atoms with Gasteiger partial charge in [0, 0.05) is 12.6 Å². The summed E-state index contributed by atoms with van der Waals surface area (Å²) in [6.45, 7) is 8.98. The fourth-order valence-electron chi connectivity index (χ4n) is 3.62. The van der Waals surface area contributed by atoms with Crippen molar-refractivity contribution in [1.82, 2.24) is 15.1 Å². The highest BCUT2D eigenvalue weighted by Gasteiger charge is 2.32. The molecule has 2 atom stereocenters. The molecule has 2 rings (SSSR count). The van der Waals surface area contributed by atoms with E-state index in [9.17, 15) is 4.79 Å². The summed E-state index contributed by atoms with van der Waals surface area (Å²) in [7, 11) is 1.91. The van der Waals surface area contributed by atoms with E-state index in [-0.39, 0.29) is 6.04 Å². The zero-order valence-electron chi connectivity index (χ0n) is 13.4. The third kappa shape index (κ3) is 3.73. The molecule has 0 bridgehead atoms. The van der Waals surface area contributed by atoms with Crippen LogP contribution in [-0.4, -0.2) is 61.0 Å². The minimum absolute atomic E-state index is 0.0377. The van der Waals surface area contributed by atoms with Crippen molar-refractivity contribution < 1.29 is 4.79 Å². The molecule has 0 aromatic rings. The van der Waals surface area contributed by atoms with Crippen LogP contribution in [0.25, 0.3) is 0 Å². The van der Waals surface area contributed by atoms with Crippen LogP contribution in [0.5, 0.6) is 0 Å². The van der Waals surface area contributed by atoms with Gasteiger partial charge in [-0.05, 0) is 71.6 Å². The van der Waals surface area contributed by atoms with Gasteiger partial charge in [0.05, 0.1) is 6.04 Å². The third-order valence-corrected chi connectivity index (χ3v) is 5.19. The molecule has 0 aromatic heterocycles. The van der Waals surface area contributed by atoms with E-state index in [1.807, 2.05) is 7.05 Å². The van der Waals surface area contributed by atoms with Crippen LogP contribution < -0.4 is 5.32 Å². The van der Waals surface area contributed by atoms with Crippen LogP contribution in [0.15, 0.2) is 0 Å². The maximum atomic E-state index is 12.6. The summed E-state index contributed by atoms with van der Waals surface area (Å²) < 4.78 is 0. The molecule has 2 aliphatic heterocycles. The maximum absolute atomic E-state index is 12.6. The van der Waals surface area contributed by atoms with Crippen LogP contribution in [-0.2, 0) is 4.79 Å². The van der Waals surface area contributed by atoms with Gasteiger partial charge in [-0.1, -0.05) is 6.92 Å². The Morgan fingerprint density at radius 2 is 1.90 bits per heavy atom. The number of rotatable bonds is 4. The monoisotopic (exact) mass is 281 g/mol. The zero-order valence-corrected chi connectivity index (χ0v) is 13.4. The van der Waals surface area contributed by atoms with E-state index < -0.39 is 0 Å². The van der Waals surface area contributed by atoms with Gasteiger partial charge in [-0.25, -0.2) is 0 Å². The smallest absolute Gasteiger partial charge is 0.239 e. The van der Waals surface area contributed by atoms with Gasteiger partial charge in [0.25, 0.3) is 0 Å². The number of hydrogen-bond donors (Lipinski definition) is 1. The van der Waals surface area contributed by atoms with Crippen molar-refractivity contribution in [2.45, 2.75) is 58.0 Å². The maximum Gasteiger partial charge on any atom is 0.239 e. The molecular weight excluding hydrogens is 250 g/mol. The van der Waals surface area contributed by atoms with E-state index >= 15 is 0 Å². The first-order valence-electron chi connectivity index (χ1n) is 8.35. The van der Waals surface area contributed by atoms with Crippen molar-refractivity contribution >= 4 is 5.91 Å². The van der Waals surface area contributed by atoms with Gasteiger partial charge < -0.3 is 15.1 Å². The molecule has 2 unspecified atom stereocenters. The Balaban J connectivity index is 1.93. The highest BCUT2D eigenvalue weighted by Crippen LogP contribution is 2.23. The summed E-state index contributed by atoms with van der Waals surface area (Å²) in [5.74, 6) is 1.02. The van der Waals surface area contributed by atoms with Crippen molar-refractivity contribution in [3.8, 4) is 0 Å². The fourth-order valence-corrected chi connectivity index (χ4v) is 3.62. The zero-order chi connectivity index (χ0) is 14.5. The van der Waals surface area contributed by atoms with Crippen molar-refractivity contribution in [1.29, 1.82) is 0 Å². The molecule has 2 fully saturated rings. The van der Waals surface area contributed by atoms with Gasteiger partial charge in [-0.2, -0.15) is 0 Å². The Kier molecular flexibility index (Phi) is 5.85. The quantitative estimate of drug-likeness (QED) is 0.852. The summed E-state index contributed by atoms with van der Waals surface area (Å²) in [5.41, 5.74) is 0. The summed E-state index contributed by atoms with van der Waals surface area (Å²) in [6.07, 6.45) is 5.79. The summed E-state index contributed by atoms with van der Waals surface area (Å²) in [5, 5.41) is 3.20. The minimum Gasteiger partial charge on any atom is -0.338 e. The van der Waals surface area contributed by atoms with Crippen LogP contribution in [0.2, 0.25) is 0 Å². The minimum atomic E-state index is 0.0377. The molecule has 0 radical (unpaired) electrons. The standard InChI is InChI=1S/C16H31N3O/c1-4-18-10-8-14(9-11-18)12-19-13(2)6-5-7-15(17-3)16(19)20/h13-15,17H,4-12H2,1-3H3. The Hall–Kier alpha value is -0.610. The number of carbonyl (C=O) groups is 1. The molecule has 4 nitrogen and oxygen atoms in total. The van der Waals surface area contributed by atoms with E-state index in [1.54, 1.807) is 0 Å². The van der Waals surface area contributed by atoms with Crippen LogP contribution in [0, 0.1) is 5.92 Å². The van der Waals surface area contributed by atoms with E-state index in [2.05, 4.69) is 29.0 Å². The lowest BCUT2D eigenvalue weighted by atomic mass is 9.95. The topological polar surface area (TPSA) is 35.6 Å². The van der Waals surface area contributed by atoms with E-state index in [0.29, 0.717) is 17.9 Å². The molecule has 0 saturated carbocycles. The van der Waals surface area contributed by atoms with Gasteiger partial charge in [-0.15, -0.1) is 0 Å². The van der Waals surface area contributed by atoms with Crippen molar-refractivity contribution in [3.05, 3.63) is 0 Å². The van der Waals surface area contributed by atoms with Gasteiger partial charge >= 0.3 is 0 Å². The first kappa shape index (κ1) is 15.8. The predicted molar refractivity (Wildman–Crippen MR) is 82.7 cm³/mol. The van der Waals surface area contributed by atoms with Gasteiger partial charge in [0.2, 0.25) is 5.91 Å². The predicted octanol–water partition coefficient (Wildman–Crippen LogP) is 1.71. The molecule has 4 heteroatoms. The van der Waals surface area contributed by atoms with Crippen molar-refractivity contribution in [2.75, 3.05) is 33.2 Å². The second kappa shape index (κ2) is 7.41. The third-order valence-electron chi connectivity index (χ3n) is 5.19. The molecule has 1 amide bonds. The fraction of sp³-hybridized carbons (Fsp3) is 0.938. The largest absolute Gasteiger partial charge is 0.338 e. The normalized spacial score (nSPS) is 30.6. The van der Waals surface area contributed by atoms with Crippen LogP contribution in [0.4, 0.5) is 0 Å². The first-order valence-corrected chi connectivity index (χ1v) is 8.35. The molecule has 0 aliphatic carbocycles. The molecular formula is C16H31N3O. The molecule has 0 spiro atoms. The second-order valence-corrected chi connectivity index (χ2v) is 6.49. The lowest BCUT2D eigenvalue weighted by molar-refractivity contribution is -0.135. The van der Waals surface area contributed by atoms with E-state index in [1.165, 1.54) is 25.9 Å². The number of amides is 1. The molecule has 2 heterocycles. The number of likely N-dealkylation sites (tertiary alicyclic amines) is 2. The van der Waals surface area contributed by atoms with Gasteiger partial charge in [0.1, 0.15) is 0 Å². The first-order chi connectivity index (χ1) is 9.65. The molecule has 2 saturated heterocycles. The second-order valence-electron chi connectivity index (χ2n) is 6.49. The average Bonchev–Trinajstić information content (AvgIpc) is 2.61. The molecule has 116 valence electrons. The van der Waals surface area contributed by atoms with Crippen molar-refractivity contribution in [3.63, 3.8) is 0 Å². The summed E-state index contributed by atoms with van der Waals surface area (Å²) >= 11 is 0. The number of likely N-dealkylation sites (N-methyl/N-ethyl adjacent to an activating group) is 1. The summed E-state index contributed by atoms with van der Waals surface area (Å²) in [6, 6.07) is 0.445. The number of nitrogens with zero attached hydrogens (tertiary/aromatic N) is 2. The SMILES string of the molecule is CCN1CCC(CN2C(=O)C(NC)CCCC2C)CC1. The Bertz CT molecular complexity index is 313. The van der Waals surface area contributed by atoms with Crippen LogP contribution in [0.1, 0.15) is 46.0 Å². The van der Waals surface area contributed by atoms with E-state index in [0.717, 1.165) is 32.4 Å². The average molecular weight is 281 g/mol. The number of carbonyl (C=O) groups excluding carboxylic acids is 1. The van der Waals surface area contributed by atoms with Crippen LogP contribution in [0.3, 0.4) is 0 Å². The molecule has 2 aliphatic rings. The number of piperidine rings is 1. The lowest BCUT2D eigenvalue weighted by Gasteiger charge is -2.37. The van der Waals surface area contributed by atoms with Gasteiger partial charge in [-0.3, -0.25) is 4.79 Å². The lowest BCUT2D eigenvalue weighted by Crippen LogP contribution is -2.49. The van der Waals surface area contributed by atoms with Crippen molar-refractivity contribution in [2.24, 2.45) is 5.92 Å². The number of nitrogens with one attached hydrogen (secondary N) is 1. The number of hydrogen-bond acceptors (Lipinski definition) is 3. The molecule has 20 heavy (non-hydrogen) atoms. The molecule has 0 aromatic carbocycles. The Morgan fingerprint density at radius 3 is 2.50 bits per heavy atom. The summed E-state index contributed by atoms with van der Waals surface area (Å²) in [4.78, 5) is 17.3. The Morgan fingerprint density at radius 1 is 1.20 bits per heavy atom. The highest BCUT2D eigenvalue weighted by molar-refractivity contribution is 5.82. The van der Waals surface area contributed by atoms with Gasteiger partial charge in [0.15, 0.2) is 0 Å².